The van der Waals surface area contributed by atoms with E-state index in [9.17, 15) is 0 Å². The Kier molecular flexibility index (Phi) is 2.49. The lowest BCUT2D eigenvalue weighted by atomic mass is 9.96. The van der Waals surface area contributed by atoms with Crippen molar-refractivity contribution in [2.75, 3.05) is 0 Å². The highest BCUT2D eigenvalue weighted by Crippen LogP contribution is 2.26. The summed E-state index contributed by atoms with van der Waals surface area (Å²) in [4.78, 5) is 0. The molecule has 65 valence electrons. The summed E-state index contributed by atoms with van der Waals surface area (Å²) in [6, 6.07) is 3.45. The SMILES string of the molecule is Brc1ccn([C]2CCCCC2)n1. The zero-order valence-corrected chi connectivity index (χ0v) is 8.55. The Morgan fingerprint density at radius 3 is 2.58 bits per heavy atom. The van der Waals surface area contributed by atoms with E-state index in [4.69, 9.17) is 0 Å². The van der Waals surface area contributed by atoms with Gasteiger partial charge in [-0.25, -0.2) is 0 Å². The first-order chi connectivity index (χ1) is 5.86. The normalized spacial score (nSPS) is 19.8. The molecule has 1 fully saturated rings. The van der Waals surface area contributed by atoms with Crippen LogP contribution in [0.5, 0.6) is 0 Å². The molecule has 1 saturated carbocycles. The van der Waals surface area contributed by atoms with Gasteiger partial charge in [0.25, 0.3) is 0 Å². The Balaban J connectivity index is 2.08. The van der Waals surface area contributed by atoms with Crippen molar-refractivity contribution in [3.8, 4) is 0 Å². The van der Waals surface area contributed by atoms with Crippen LogP contribution in [0.2, 0.25) is 0 Å². The molecule has 1 aromatic rings. The van der Waals surface area contributed by atoms with E-state index in [1.54, 1.807) is 0 Å². The highest BCUT2D eigenvalue weighted by Gasteiger charge is 2.16. The molecule has 0 aromatic carbocycles. The minimum absolute atomic E-state index is 0.931. The van der Waals surface area contributed by atoms with E-state index in [-0.39, 0.29) is 0 Å². The lowest BCUT2D eigenvalue weighted by Gasteiger charge is -2.20. The van der Waals surface area contributed by atoms with Gasteiger partial charge in [-0.1, -0.05) is 19.3 Å². The molecule has 0 N–H and O–H groups in total. The Morgan fingerprint density at radius 2 is 2.00 bits per heavy atom. The zero-order valence-electron chi connectivity index (χ0n) is 6.96. The third kappa shape index (κ3) is 1.71. The Labute approximate surface area is 81.1 Å². The first-order valence-corrected chi connectivity index (χ1v) is 5.22. The van der Waals surface area contributed by atoms with Crippen LogP contribution in [0, 0.1) is 6.04 Å². The summed E-state index contributed by atoms with van der Waals surface area (Å²) in [5.41, 5.74) is 0. The number of aromatic nitrogens is 2. The van der Waals surface area contributed by atoms with Crippen molar-refractivity contribution in [1.29, 1.82) is 0 Å². The van der Waals surface area contributed by atoms with Crippen molar-refractivity contribution in [2.24, 2.45) is 0 Å². The number of hydrogen-bond donors (Lipinski definition) is 0. The van der Waals surface area contributed by atoms with Gasteiger partial charge in [0.05, 0.1) is 6.04 Å². The Morgan fingerprint density at radius 1 is 1.25 bits per heavy atom. The van der Waals surface area contributed by atoms with E-state index in [2.05, 4.69) is 21.0 Å². The fourth-order valence-corrected chi connectivity index (χ4v) is 1.96. The van der Waals surface area contributed by atoms with Crippen LogP contribution in [-0.2, 0) is 0 Å². The molecule has 1 heterocycles. The van der Waals surface area contributed by atoms with Gasteiger partial charge in [0.1, 0.15) is 4.60 Å². The molecule has 1 aliphatic rings. The van der Waals surface area contributed by atoms with Gasteiger partial charge in [-0.15, -0.1) is 0 Å². The third-order valence-corrected chi connectivity index (χ3v) is 2.73. The predicted octanol–water partition coefficient (Wildman–Crippen LogP) is 2.99. The molecular weight excluding hydrogens is 216 g/mol. The van der Waals surface area contributed by atoms with Crippen molar-refractivity contribution in [3.63, 3.8) is 0 Å². The van der Waals surface area contributed by atoms with Crippen LogP contribution in [0.3, 0.4) is 0 Å². The second-order valence-corrected chi connectivity index (χ2v) is 4.02. The maximum absolute atomic E-state index is 4.33. The van der Waals surface area contributed by atoms with E-state index in [0.29, 0.717) is 0 Å². The summed E-state index contributed by atoms with van der Waals surface area (Å²) in [5.74, 6) is 0. The second kappa shape index (κ2) is 3.60. The zero-order chi connectivity index (χ0) is 8.39. The molecule has 0 aliphatic heterocycles. The fraction of sp³-hybridized carbons (Fsp3) is 0.556. The van der Waals surface area contributed by atoms with Gasteiger partial charge in [-0.05, 0) is 34.8 Å². The maximum atomic E-state index is 4.33. The van der Waals surface area contributed by atoms with E-state index in [1.807, 2.05) is 16.9 Å². The maximum Gasteiger partial charge on any atom is 0.128 e. The lowest BCUT2D eigenvalue weighted by molar-refractivity contribution is 0.465. The molecule has 0 atom stereocenters. The van der Waals surface area contributed by atoms with E-state index in [1.165, 1.54) is 38.1 Å². The van der Waals surface area contributed by atoms with E-state index in [0.717, 1.165) is 4.60 Å². The van der Waals surface area contributed by atoms with Crippen LogP contribution >= 0.6 is 15.9 Å². The van der Waals surface area contributed by atoms with E-state index >= 15 is 0 Å². The number of halogens is 1. The summed E-state index contributed by atoms with van der Waals surface area (Å²) < 4.78 is 2.95. The van der Waals surface area contributed by atoms with Gasteiger partial charge < -0.3 is 0 Å². The van der Waals surface area contributed by atoms with Crippen molar-refractivity contribution >= 4 is 15.9 Å². The Bertz CT molecular complexity index is 251. The van der Waals surface area contributed by atoms with Gasteiger partial charge in [0, 0.05) is 6.20 Å². The molecular formula is C9H12BrN2. The topological polar surface area (TPSA) is 17.8 Å². The van der Waals surface area contributed by atoms with Crippen molar-refractivity contribution < 1.29 is 0 Å². The van der Waals surface area contributed by atoms with Gasteiger partial charge >= 0.3 is 0 Å². The predicted molar refractivity (Wildman–Crippen MR) is 51.7 cm³/mol. The first kappa shape index (κ1) is 8.30. The summed E-state index contributed by atoms with van der Waals surface area (Å²) in [7, 11) is 0. The quantitative estimate of drug-likeness (QED) is 0.722. The van der Waals surface area contributed by atoms with Crippen LogP contribution in [-0.4, -0.2) is 9.78 Å². The summed E-state index contributed by atoms with van der Waals surface area (Å²) >= 11 is 3.35. The molecule has 0 saturated heterocycles. The third-order valence-electron chi connectivity index (χ3n) is 2.31. The average Bonchev–Trinajstić information content (AvgIpc) is 2.54. The highest BCUT2D eigenvalue weighted by atomic mass is 79.9. The van der Waals surface area contributed by atoms with Crippen LogP contribution in [0.25, 0.3) is 0 Å². The molecule has 3 heteroatoms. The molecule has 2 nitrogen and oxygen atoms in total. The molecule has 1 radical (unpaired) electrons. The first-order valence-electron chi connectivity index (χ1n) is 4.42. The average molecular weight is 228 g/mol. The Hall–Kier alpha value is -0.310. The molecule has 1 aromatic heterocycles. The smallest absolute Gasteiger partial charge is 0.128 e. The lowest BCUT2D eigenvalue weighted by Crippen LogP contribution is -2.13. The molecule has 0 unspecified atom stereocenters. The fourth-order valence-electron chi connectivity index (χ4n) is 1.67. The largest absolute Gasteiger partial charge is 0.263 e. The summed E-state index contributed by atoms with van der Waals surface area (Å²) in [5, 5.41) is 4.33. The minimum atomic E-state index is 0.931. The number of hydrogen-bond acceptors (Lipinski definition) is 1. The van der Waals surface area contributed by atoms with Crippen LogP contribution in [0.1, 0.15) is 32.1 Å². The van der Waals surface area contributed by atoms with Crippen molar-refractivity contribution in [2.45, 2.75) is 32.1 Å². The highest BCUT2D eigenvalue weighted by molar-refractivity contribution is 9.10. The molecule has 2 rings (SSSR count). The van der Waals surface area contributed by atoms with Crippen molar-refractivity contribution in [1.82, 2.24) is 9.78 Å². The van der Waals surface area contributed by atoms with Gasteiger partial charge in [-0.2, -0.15) is 5.10 Å². The monoisotopic (exact) mass is 227 g/mol. The van der Waals surface area contributed by atoms with Crippen LogP contribution in [0.4, 0.5) is 0 Å². The standard InChI is InChI=1S/C9H12BrN2/c10-9-6-7-12(11-9)8-4-2-1-3-5-8/h6-7H,1-5H2. The summed E-state index contributed by atoms with van der Waals surface area (Å²) in [6.07, 6.45) is 8.50. The van der Waals surface area contributed by atoms with Gasteiger partial charge in [0.2, 0.25) is 0 Å². The van der Waals surface area contributed by atoms with Gasteiger partial charge in [-0.3, -0.25) is 4.68 Å². The second-order valence-electron chi connectivity index (χ2n) is 3.21. The van der Waals surface area contributed by atoms with Crippen LogP contribution in [0.15, 0.2) is 16.9 Å². The van der Waals surface area contributed by atoms with Crippen LogP contribution < -0.4 is 0 Å². The minimum Gasteiger partial charge on any atom is -0.263 e. The van der Waals surface area contributed by atoms with Crippen molar-refractivity contribution in [3.05, 3.63) is 22.9 Å². The number of rotatable bonds is 1. The summed E-state index contributed by atoms with van der Waals surface area (Å²) in [6.45, 7) is 0. The van der Waals surface area contributed by atoms with Gasteiger partial charge in [0.15, 0.2) is 0 Å². The number of nitrogens with zero attached hydrogens (tertiary/aromatic N) is 2. The molecule has 0 amide bonds. The molecule has 0 spiro atoms. The van der Waals surface area contributed by atoms with E-state index < -0.39 is 0 Å². The molecule has 1 aliphatic carbocycles. The molecule has 0 bridgehead atoms. The molecule has 12 heavy (non-hydrogen) atoms.